The summed E-state index contributed by atoms with van der Waals surface area (Å²) >= 11 is 6.30. The molecule has 1 saturated heterocycles. The van der Waals surface area contributed by atoms with E-state index in [1.165, 1.54) is 44.9 Å². The monoisotopic (exact) mass is 406 g/mol. The molecule has 0 spiro atoms. The highest BCUT2D eigenvalue weighted by atomic mass is 35.5. The molecule has 0 aromatic heterocycles. The van der Waals surface area contributed by atoms with Gasteiger partial charge in [0, 0.05) is 0 Å². The fourth-order valence-corrected chi connectivity index (χ4v) is 4.21. The number of rotatable bonds is 8. The number of barbiturate groups is 1. The van der Waals surface area contributed by atoms with Gasteiger partial charge in [0.15, 0.2) is 0 Å². The standard InChI is InChI=1S/C21H27ClN2O4/c22-17-13-15(12-16-19(25)23-21(27)24-20(16)26)9-10-18(17)28-11-5-4-8-14-6-2-1-3-7-14/h9-10,13-14,16H,1-8,11-12H2,(H2,23,24,25,26,27). The molecule has 4 amide bonds. The average molecular weight is 407 g/mol. The Bertz CT molecular complexity index is 711. The maximum absolute atomic E-state index is 11.8. The van der Waals surface area contributed by atoms with Crippen LogP contribution in [0.25, 0.3) is 0 Å². The predicted octanol–water partition coefficient (Wildman–Crippen LogP) is 3.99. The molecule has 6 nitrogen and oxygen atoms in total. The zero-order chi connectivity index (χ0) is 19.9. The van der Waals surface area contributed by atoms with Crippen molar-refractivity contribution >= 4 is 29.4 Å². The molecule has 1 aliphatic carbocycles. The van der Waals surface area contributed by atoms with Crippen molar-refractivity contribution in [2.45, 2.75) is 57.8 Å². The Labute approximate surface area is 170 Å². The van der Waals surface area contributed by atoms with E-state index in [0.29, 0.717) is 17.4 Å². The molecule has 0 bridgehead atoms. The highest BCUT2D eigenvalue weighted by Crippen LogP contribution is 2.29. The van der Waals surface area contributed by atoms with Crippen molar-refractivity contribution in [3.05, 3.63) is 28.8 Å². The Morgan fingerprint density at radius 1 is 1.00 bits per heavy atom. The molecule has 3 rings (SSSR count). The van der Waals surface area contributed by atoms with E-state index in [9.17, 15) is 14.4 Å². The van der Waals surface area contributed by atoms with Crippen LogP contribution in [0.5, 0.6) is 5.75 Å². The van der Waals surface area contributed by atoms with Gasteiger partial charge in [-0.2, -0.15) is 0 Å². The summed E-state index contributed by atoms with van der Waals surface area (Å²) in [4.78, 5) is 34.8. The van der Waals surface area contributed by atoms with Crippen LogP contribution in [0.15, 0.2) is 18.2 Å². The normalized spacial score (nSPS) is 18.7. The lowest BCUT2D eigenvalue weighted by atomic mass is 9.86. The minimum Gasteiger partial charge on any atom is -0.492 e. The lowest BCUT2D eigenvalue weighted by Gasteiger charge is -2.21. The van der Waals surface area contributed by atoms with Gasteiger partial charge >= 0.3 is 6.03 Å². The number of nitrogens with one attached hydrogen (secondary N) is 2. The van der Waals surface area contributed by atoms with Gasteiger partial charge in [-0.05, 0) is 42.9 Å². The molecule has 1 heterocycles. The molecule has 0 atom stereocenters. The van der Waals surface area contributed by atoms with E-state index >= 15 is 0 Å². The fourth-order valence-electron chi connectivity index (χ4n) is 3.95. The summed E-state index contributed by atoms with van der Waals surface area (Å²) in [7, 11) is 0. The number of hydrogen-bond acceptors (Lipinski definition) is 4. The van der Waals surface area contributed by atoms with Crippen molar-refractivity contribution in [1.29, 1.82) is 0 Å². The number of urea groups is 1. The van der Waals surface area contributed by atoms with Crippen LogP contribution in [0, 0.1) is 11.8 Å². The lowest BCUT2D eigenvalue weighted by molar-refractivity contribution is -0.135. The molecule has 1 aliphatic heterocycles. The van der Waals surface area contributed by atoms with Crippen LogP contribution in [-0.4, -0.2) is 24.5 Å². The molecule has 1 aromatic carbocycles. The van der Waals surface area contributed by atoms with Crippen LogP contribution in [0.4, 0.5) is 4.79 Å². The average Bonchev–Trinajstić information content (AvgIpc) is 2.66. The van der Waals surface area contributed by atoms with E-state index in [0.717, 1.165) is 17.9 Å². The third-order valence-corrected chi connectivity index (χ3v) is 5.83. The largest absolute Gasteiger partial charge is 0.492 e. The highest BCUT2D eigenvalue weighted by Gasteiger charge is 2.34. The van der Waals surface area contributed by atoms with Gasteiger partial charge in [-0.1, -0.05) is 56.2 Å². The summed E-state index contributed by atoms with van der Waals surface area (Å²) in [6, 6.07) is 4.48. The number of ether oxygens (including phenoxy) is 1. The molecule has 2 fully saturated rings. The van der Waals surface area contributed by atoms with Crippen LogP contribution in [0.2, 0.25) is 5.02 Å². The van der Waals surface area contributed by atoms with Gasteiger partial charge in [0.2, 0.25) is 11.8 Å². The number of unbranched alkanes of at least 4 members (excludes halogenated alkanes) is 1. The minimum absolute atomic E-state index is 0.173. The van der Waals surface area contributed by atoms with Crippen molar-refractivity contribution in [3.8, 4) is 5.75 Å². The smallest absolute Gasteiger partial charge is 0.328 e. The number of hydrogen-bond donors (Lipinski definition) is 2. The Hall–Kier alpha value is -2.08. The highest BCUT2D eigenvalue weighted by molar-refractivity contribution is 6.32. The molecular formula is C21H27ClN2O4. The van der Waals surface area contributed by atoms with Crippen LogP contribution < -0.4 is 15.4 Å². The number of carbonyl (C=O) groups is 3. The SMILES string of the molecule is O=C1NC(=O)C(Cc2ccc(OCCCCC3CCCCC3)c(Cl)c2)C(=O)N1. The molecule has 7 heteroatoms. The van der Waals surface area contributed by atoms with Crippen LogP contribution >= 0.6 is 11.6 Å². The molecule has 2 N–H and O–H groups in total. The Kier molecular flexibility index (Phi) is 7.31. The van der Waals surface area contributed by atoms with E-state index in [2.05, 4.69) is 10.6 Å². The van der Waals surface area contributed by atoms with Crippen molar-refractivity contribution in [3.63, 3.8) is 0 Å². The van der Waals surface area contributed by atoms with Gasteiger partial charge in [0.05, 0.1) is 11.6 Å². The van der Waals surface area contributed by atoms with Crippen molar-refractivity contribution in [2.75, 3.05) is 6.61 Å². The first-order valence-corrected chi connectivity index (χ1v) is 10.5. The summed E-state index contributed by atoms with van der Waals surface area (Å²) in [6.45, 7) is 0.626. The van der Waals surface area contributed by atoms with Gasteiger partial charge < -0.3 is 4.74 Å². The summed E-state index contributed by atoms with van der Waals surface area (Å²) in [5.41, 5.74) is 0.735. The first kappa shape index (κ1) is 20.6. The van der Waals surface area contributed by atoms with Crippen molar-refractivity contribution in [2.24, 2.45) is 11.8 Å². The van der Waals surface area contributed by atoms with E-state index in [-0.39, 0.29) is 6.42 Å². The first-order valence-electron chi connectivity index (χ1n) is 10.1. The van der Waals surface area contributed by atoms with Gasteiger partial charge in [0.25, 0.3) is 0 Å². The molecule has 152 valence electrons. The van der Waals surface area contributed by atoms with Gasteiger partial charge in [-0.15, -0.1) is 0 Å². The van der Waals surface area contributed by atoms with E-state index in [1.807, 2.05) is 0 Å². The molecule has 1 aromatic rings. The molecule has 1 saturated carbocycles. The Morgan fingerprint density at radius 3 is 2.39 bits per heavy atom. The third kappa shape index (κ3) is 5.71. The first-order chi connectivity index (χ1) is 13.5. The zero-order valence-electron chi connectivity index (χ0n) is 16.0. The second-order valence-electron chi connectivity index (χ2n) is 7.68. The van der Waals surface area contributed by atoms with E-state index in [4.69, 9.17) is 16.3 Å². The number of imide groups is 2. The summed E-state index contributed by atoms with van der Waals surface area (Å²) < 4.78 is 5.79. The molecular weight excluding hydrogens is 380 g/mol. The topological polar surface area (TPSA) is 84.5 Å². The van der Waals surface area contributed by atoms with Crippen LogP contribution in [0.3, 0.4) is 0 Å². The maximum atomic E-state index is 11.8. The molecule has 2 aliphatic rings. The third-order valence-electron chi connectivity index (χ3n) is 5.53. The molecule has 28 heavy (non-hydrogen) atoms. The summed E-state index contributed by atoms with van der Waals surface area (Å²) in [5.74, 6) is -0.636. The van der Waals surface area contributed by atoms with Crippen LogP contribution in [0.1, 0.15) is 56.9 Å². The lowest BCUT2D eigenvalue weighted by Crippen LogP contribution is -2.56. The minimum atomic E-state index is -0.944. The maximum Gasteiger partial charge on any atom is 0.328 e. The number of carbonyl (C=O) groups excluding carboxylic acids is 3. The number of benzene rings is 1. The number of amides is 4. The van der Waals surface area contributed by atoms with E-state index < -0.39 is 23.8 Å². The predicted molar refractivity (Wildman–Crippen MR) is 106 cm³/mol. The van der Waals surface area contributed by atoms with Crippen molar-refractivity contribution in [1.82, 2.24) is 10.6 Å². The second-order valence-corrected chi connectivity index (χ2v) is 8.08. The van der Waals surface area contributed by atoms with Gasteiger partial charge in [0.1, 0.15) is 11.7 Å². The number of halogens is 1. The second kappa shape index (κ2) is 9.92. The summed E-state index contributed by atoms with van der Waals surface area (Å²) in [5, 5.41) is 4.66. The molecule has 0 unspecified atom stereocenters. The quantitative estimate of drug-likeness (QED) is 0.505. The summed E-state index contributed by atoms with van der Waals surface area (Å²) in [6.07, 6.45) is 10.5. The van der Waals surface area contributed by atoms with Crippen molar-refractivity contribution < 1.29 is 19.1 Å². The fraction of sp³-hybridized carbons (Fsp3) is 0.571. The Morgan fingerprint density at radius 2 is 1.71 bits per heavy atom. The Balaban J connectivity index is 1.44. The zero-order valence-corrected chi connectivity index (χ0v) is 16.7. The van der Waals surface area contributed by atoms with Gasteiger partial charge in [-0.25, -0.2) is 4.79 Å². The van der Waals surface area contributed by atoms with Crippen LogP contribution in [-0.2, 0) is 16.0 Å². The van der Waals surface area contributed by atoms with E-state index in [1.54, 1.807) is 18.2 Å². The molecule has 0 radical (unpaired) electrons. The van der Waals surface area contributed by atoms with Gasteiger partial charge in [-0.3, -0.25) is 20.2 Å².